The third-order valence-corrected chi connectivity index (χ3v) is 4.66. The van der Waals surface area contributed by atoms with E-state index in [1.54, 1.807) is 28.4 Å². The molecule has 3 rings (SSSR count). The molecular formula is C18H20N4OS. The Labute approximate surface area is 145 Å². The second-order valence-electron chi connectivity index (χ2n) is 5.65. The SMILES string of the molecule is Cc1nc(-c2ccc(CCNC(=O)C(C)n3cccn3)cc2)cs1. The average molecular weight is 340 g/mol. The molecule has 24 heavy (non-hydrogen) atoms. The van der Waals surface area contributed by atoms with E-state index >= 15 is 0 Å². The number of benzene rings is 1. The van der Waals surface area contributed by atoms with Gasteiger partial charge in [-0.2, -0.15) is 5.10 Å². The summed E-state index contributed by atoms with van der Waals surface area (Å²) < 4.78 is 1.65. The van der Waals surface area contributed by atoms with Crippen molar-refractivity contribution in [3.63, 3.8) is 0 Å². The lowest BCUT2D eigenvalue weighted by Gasteiger charge is -2.12. The Hall–Kier alpha value is -2.47. The van der Waals surface area contributed by atoms with Gasteiger partial charge in [0, 0.05) is 29.9 Å². The summed E-state index contributed by atoms with van der Waals surface area (Å²) in [5.74, 6) is -0.0201. The van der Waals surface area contributed by atoms with Gasteiger partial charge in [0.15, 0.2) is 0 Å². The number of aryl methyl sites for hydroxylation is 1. The first-order valence-corrected chi connectivity index (χ1v) is 8.80. The van der Waals surface area contributed by atoms with Crippen molar-refractivity contribution in [2.45, 2.75) is 26.3 Å². The molecule has 0 saturated carbocycles. The zero-order valence-corrected chi connectivity index (χ0v) is 14.6. The number of rotatable bonds is 6. The van der Waals surface area contributed by atoms with E-state index in [-0.39, 0.29) is 11.9 Å². The van der Waals surface area contributed by atoms with Crippen LogP contribution < -0.4 is 5.32 Å². The fourth-order valence-corrected chi connectivity index (χ4v) is 3.07. The van der Waals surface area contributed by atoms with Gasteiger partial charge < -0.3 is 5.32 Å². The zero-order valence-electron chi connectivity index (χ0n) is 13.8. The lowest BCUT2D eigenvalue weighted by molar-refractivity contribution is -0.124. The van der Waals surface area contributed by atoms with Crippen molar-refractivity contribution < 1.29 is 4.79 Å². The summed E-state index contributed by atoms with van der Waals surface area (Å²) >= 11 is 1.66. The van der Waals surface area contributed by atoms with Gasteiger partial charge in [-0.3, -0.25) is 9.48 Å². The van der Waals surface area contributed by atoms with Gasteiger partial charge >= 0.3 is 0 Å². The quantitative estimate of drug-likeness (QED) is 0.749. The molecule has 1 amide bonds. The fraction of sp³-hybridized carbons (Fsp3) is 0.278. The molecule has 0 spiro atoms. The van der Waals surface area contributed by atoms with Gasteiger partial charge in [-0.25, -0.2) is 4.98 Å². The Morgan fingerprint density at radius 2 is 2.12 bits per heavy atom. The van der Waals surface area contributed by atoms with Gasteiger partial charge in [0.05, 0.1) is 10.7 Å². The van der Waals surface area contributed by atoms with E-state index < -0.39 is 0 Å². The molecule has 1 N–H and O–H groups in total. The van der Waals surface area contributed by atoms with Crippen molar-refractivity contribution in [1.82, 2.24) is 20.1 Å². The largest absolute Gasteiger partial charge is 0.354 e. The van der Waals surface area contributed by atoms with Gasteiger partial charge in [0.25, 0.3) is 0 Å². The second-order valence-corrected chi connectivity index (χ2v) is 6.71. The number of nitrogens with one attached hydrogen (secondary N) is 1. The van der Waals surface area contributed by atoms with Gasteiger partial charge in [-0.05, 0) is 31.9 Å². The summed E-state index contributed by atoms with van der Waals surface area (Å²) in [4.78, 5) is 16.6. The van der Waals surface area contributed by atoms with Gasteiger partial charge in [-0.1, -0.05) is 24.3 Å². The minimum Gasteiger partial charge on any atom is -0.354 e. The van der Waals surface area contributed by atoms with Crippen LogP contribution in [0.5, 0.6) is 0 Å². The summed E-state index contributed by atoms with van der Waals surface area (Å²) in [7, 11) is 0. The molecular weight excluding hydrogens is 320 g/mol. The first kappa shape index (κ1) is 16.4. The number of hydrogen-bond acceptors (Lipinski definition) is 4. The van der Waals surface area contributed by atoms with Crippen LogP contribution in [0.2, 0.25) is 0 Å². The first-order valence-electron chi connectivity index (χ1n) is 7.92. The van der Waals surface area contributed by atoms with Crippen molar-refractivity contribution in [1.29, 1.82) is 0 Å². The molecule has 2 aromatic heterocycles. The molecule has 0 bridgehead atoms. The molecule has 3 aromatic rings. The summed E-state index contributed by atoms with van der Waals surface area (Å²) in [5.41, 5.74) is 3.34. The Morgan fingerprint density at radius 1 is 1.33 bits per heavy atom. The topological polar surface area (TPSA) is 59.8 Å². The first-order chi connectivity index (χ1) is 11.6. The average Bonchev–Trinajstić information content (AvgIpc) is 3.26. The lowest BCUT2D eigenvalue weighted by atomic mass is 10.1. The van der Waals surface area contributed by atoms with Crippen molar-refractivity contribution in [2.75, 3.05) is 6.54 Å². The Morgan fingerprint density at radius 3 is 2.75 bits per heavy atom. The third-order valence-electron chi connectivity index (χ3n) is 3.88. The van der Waals surface area contributed by atoms with Gasteiger partial charge in [0.1, 0.15) is 6.04 Å². The molecule has 0 radical (unpaired) electrons. The fourth-order valence-electron chi connectivity index (χ4n) is 2.45. The minimum absolute atomic E-state index is 0.0201. The van der Waals surface area contributed by atoms with Crippen molar-refractivity contribution >= 4 is 17.2 Å². The molecule has 5 nitrogen and oxygen atoms in total. The number of thiazole rings is 1. The van der Waals surface area contributed by atoms with E-state index in [1.807, 2.05) is 19.9 Å². The van der Waals surface area contributed by atoms with Gasteiger partial charge in [-0.15, -0.1) is 11.3 Å². The Kier molecular flexibility index (Phi) is 5.05. The van der Waals surface area contributed by atoms with Crippen LogP contribution in [-0.2, 0) is 11.2 Å². The molecule has 0 aliphatic carbocycles. The van der Waals surface area contributed by atoms with Gasteiger partial charge in [0.2, 0.25) is 5.91 Å². The number of nitrogens with zero attached hydrogens (tertiary/aromatic N) is 3. The molecule has 124 valence electrons. The number of carbonyl (C=O) groups is 1. The maximum absolute atomic E-state index is 12.1. The van der Waals surface area contributed by atoms with E-state index in [2.05, 4.69) is 45.0 Å². The maximum Gasteiger partial charge on any atom is 0.244 e. The summed E-state index contributed by atoms with van der Waals surface area (Å²) in [6.07, 6.45) is 4.27. The van der Waals surface area contributed by atoms with E-state index in [1.165, 1.54) is 5.56 Å². The molecule has 0 fully saturated rings. The molecule has 1 unspecified atom stereocenters. The summed E-state index contributed by atoms with van der Waals surface area (Å²) in [6, 6.07) is 9.86. The van der Waals surface area contributed by atoms with E-state index in [0.29, 0.717) is 6.54 Å². The van der Waals surface area contributed by atoms with E-state index in [9.17, 15) is 4.79 Å². The number of aromatic nitrogens is 3. The van der Waals surface area contributed by atoms with E-state index in [0.717, 1.165) is 22.7 Å². The monoisotopic (exact) mass is 340 g/mol. The maximum atomic E-state index is 12.1. The number of amides is 1. The van der Waals surface area contributed by atoms with Crippen LogP contribution in [0.3, 0.4) is 0 Å². The van der Waals surface area contributed by atoms with Crippen molar-refractivity contribution in [2.24, 2.45) is 0 Å². The van der Waals surface area contributed by atoms with Crippen LogP contribution in [-0.4, -0.2) is 27.2 Å². The predicted octanol–water partition coefficient (Wildman–Crippen LogP) is 3.23. The number of hydrogen-bond donors (Lipinski definition) is 1. The summed E-state index contributed by atoms with van der Waals surface area (Å²) in [6.45, 7) is 4.46. The normalized spacial score (nSPS) is 12.1. The van der Waals surface area contributed by atoms with Crippen LogP contribution in [0.15, 0.2) is 48.1 Å². The second kappa shape index (κ2) is 7.40. The molecule has 1 aromatic carbocycles. The van der Waals surface area contributed by atoms with Crippen LogP contribution >= 0.6 is 11.3 Å². The number of carbonyl (C=O) groups excluding carboxylic acids is 1. The molecule has 0 saturated heterocycles. The Bertz CT molecular complexity index is 793. The molecule has 0 aliphatic rings. The Balaban J connectivity index is 1.51. The molecule has 1 atom stereocenters. The highest BCUT2D eigenvalue weighted by Crippen LogP contribution is 2.21. The van der Waals surface area contributed by atoms with Crippen LogP contribution in [0, 0.1) is 6.92 Å². The highest BCUT2D eigenvalue weighted by Gasteiger charge is 2.13. The molecule has 0 aliphatic heterocycles. The minimum atomic E-state index is -0.296. The predicted molar refractivity (Wildman–Crippen MR) is 95.9 cm³/mol. The highest BCUT2D eigenvalue weighted by molar-refractivity contribution is 7.09. The lowest BCUT2D eigenvalue weighted by Crippen LogP contribution is -2.32. The van der Waals surface area contributed by atoms with Crippen LogP contribution in [0.4, 0.5) is 0 Å². The zero-order chi connectivity index (χ0) is 16.9. The molecule has 2 heterocycles. The standard InChI is InChI=1S/C18H20N4OS/c1-13(22-11-3-9-20-22)18(23)19-10-8-15-4-6-16(7-5-15)17-12-24-14(2)21-17/h3-7,9,11-13H,8,10H2,1-2H3,(H,19,23). The van der Waals surface area contributed by atoms with E-state index in [4.69, 9.17) is 0 Å². The smallest absolute Gasteiger partial charge is 0.244 e. The van der Waals surface area contributed by atoms with Crippen molar-refractivity contribution in [3.8, 4) is 11.3 Å². The summed E-state index contributed by atoms with van der Waals surface area (Å²) in [5, 5.41) is 10.2. The van der Waals surface area contributed by atoms with Crippen LogP contribution in [0.1, 0.15) is 23.5 Å². The van der Waals surface area contributed by atoms with Crippen molar-refractivity contribution in [3.05, 3.63) is 58.7 Å². The van der Waals surface area contributed by atoms with Crippen LogP contribution in [0.25, 0.3) is 11.3 Å². The third kappa shape index (κ3) is 3.89. The molecule has 6 heteroatoms. The highest BCUT2D eigenvalue weighted by atomic mass is 32.1.